The van der Waals surface area contributed by atoms with Gasteiger partial charge in [0, 0.05) is 20.3 Å². The van der Waals surface area contributed by atoms with E-state index in [4.69, 9.17) is 10.5 Å². The minimum Gasteiger partial charge on any atom is -0.385 e. The van der Waals surface area contributed by atoms with E-state index in [9.17, 15) is 4.79 Å². The Balaban J connectivity index is 2.57. The van der Waals surface area contributed by atoms with Crippen LogP contribution in [0.25, 0.3) is 0 Å². The van der Waals surface area contributed by atoms with Gasteiger partial charge >= 0.3 is 0 Å². The topological polar surface area (TPSA) is 90.1 Å². The molecule has 0 atom stereocenters. The summed E-state index contributed by atoms with van der Waals surface area (Å²) in [5, 5.41) is 3.15. The molecule has 0 aliphatic rings. The van der Waals surface area contributed by atoms with Crippen molar-refractivity contribution in [2.75, 3.05) is 25.6 Å². The molecule has 0 saturated carbocycles. The van der Waals surface area contributed by atoms with Crippen LogP contribution < -0.4 is 11.1 Å². The van der Waals surface area contributed by atoms with Crippen molar-refractivity contribution < 1.29 is 9.53 Å². The van der Waals surface area contributed by atoms with Crippen LogP contribution in [-0.4, -0.2) is 36.1 Å². The molecule has 0 bridgehead atoms. The summed E-state index contributed by atoms with van der Waals surface area (Å²) in [4.78, 5) is 19.0. The molecule has 0 radical (unpaired) electrons. The van der Waals surface area contributed by atoms with Crippen molar-refractivity contribution in [2.45, 2.75) is 20.3 Å². The number of nitrogens with zero attached hydrogens (tertiary/aromatic N) is 2. The molecule has 0 fully saturated rings. The van der Waals surface area contributed by atoms with E-state index in [1.807, 2.05) is 0 Å². The first-order valence-electron chi connectivity index (χ1n) is 5.79. The van der Waals surface area contributed by atoms with Gasteiger partial charge in [0.15, 0.2) is 0 Å². The first-order chi connectivity index (χ1) is 8.44. The van der Waals surface area contributed by atoms with E-state index in [1.54, 1.807) is 13.3 Å². The second-order valence-corrected chi connectivity index (χ2v) is 4.91. The number of carbonyl (C=O) groups is 1. The lowest BCUT2D eigenvalue weighted by atomic mass is 9.90. The molecular formula is C12H20N4O2. The van der Waals surface area contributed by atoms with E-state index >= 15 is 0 Å². The van der Waals surface area contributed by atoms with Gasteiger partial charge in [-0.25, -0.2) is 4.98 Å². The Morgan fingerprint density at radius 3 is 2.83 bits per heavy atom. The lowest BCUT2D eigenvalue weighted by molar-refractivity contribution is 0.0995. The monoisotopic (exact) mass is 252 g/mol. The zero-order valence-corrected chi connectivity index (χ0v) is 11.1. The first kappa shape index (κ1) is 14.4. The summed E-state index contributed by atoms with van der Waals surface area (Å²) in [6.45, 7) is 5.68. The third-order valence-electron chi connectivity index (χ3n) is 2.62. The smallest absolute Gasteiger partial charge is 0.268 e. The number of aromatic nitrogens is 2. The molecule has 100 valence electrons. The van der Waals surface area contributed by atoms with Crippen LogP contribution in [0.4, 0.5) is 5.82 Å². The van der Waals surface area contributed by atoms with Gasteiger partial charge in [-0.05, 0) is 11.8 Å². The molecule has 6 heteroatoms. The molecule has 0 unspecified atom stereocenters. The van der Waals surface area contributed by atoms with Crippen molar-refractivity contribution in [3.8, 4) is 0 Å². The Morgan fingerprint density at radius 2 is 2.22 bits per heavy atom. The number of nitrogens with one attached hydrogen (secondary N) is 1. The van der Waals surface area contributed by atoms with Gasteiger partial charge in [-0.3, -0.25) is 9.78 Å². The van der Waals surface area contributed by atoms with Crippen LogP contribution in [-0.2, 0) is 4.74 Å². The van der Waals surface area contributed by atoms with E-state index in [1.165, 1.54) is 6.20 Å². The number of hydrogen-bond donors (Lipinski definition) is 2. The predicted molar refractivity (Wildman–Crippen MR) is 69.3 cm³/mol. The highest BCUT2D eigenvalue weighted by atomic mass is 16.5. The van der Waals surface area contributed by atoms with E-state index in [0.717, 1.165) is 6.42 Å². The maximum Gasteiger partial charge on any atom is 0.268 e. The summed E-state index contributed by atoms with van der Waals surface area (Å²) in [6.07, 6.45) is 3.85. The predicted octanol–water partition coefficient (Wildman–Crippen LogP) is 1.05. The highest BCUT2D eigenvalue weighted by Crippen LogP contribution is 2.20. The lowest BCUT2D eigenvalue weighted by Gasteiger charge is -2.24. The molecule has 1 amide bonds. The van der Waals surface area contributed by atoms with Gasteiger partial charge in [0.05, 0.1) is 12.4 Å². The number of anilines is 1. The van der Waals surface area contributed by atoms with Crippen molar-refractivity contribution in [1.29, 1.82) is 0 Å². The maximum absolute atomic E-state index is 11.0. The molecule has 1 aromatic heterocycles. The molecule has 18 heavy (non-hydrogen) atoms. The summed E-state index contributed by atoms with van der Waals surface area (Å²) in [5.41, 5.74) is 5.38. The fourth-order valence-corrected chi connectivity index (χ4v) is 1.37. The molecular weight excluding hydrogens is 232 g/mol. The average Bonchev–Trinajstić information content (AvgIpc) is 2.34. The van der Waals surface area contributed by atoms with Crippen molar-refractivity contribution in [2.24, 2.45) is 11.1 Å². The van der Waals surface area contributed by atoms with E-state index < -0.39 is 5.91 Å². The number of carbonyl (C=O) groups excluding carboxylic acids is 1. The van der Waals surface area contributed by atoms with Crippen LogP contribution in [0, 0.1) is 5.41 Å². The standard InChI is InChI=1S/C12H20N4O2/c1-12(2,4-5-18-3)8-15-10-7-14-6-9(16-10)11(13)17/h6-7H,4-5,8H2,1-3H3,(H2,13,17)(H,15,16). The van der Waals surface area contributed by atoms with Crippen LogP contribution in [0.3, 0.4) is 0 Å². The largest absolute Gasteiger partial charge is 0.385 e. The Morgan fingerprint density at radius 1 is 1.50 bits per heavy atom. The fraction of sp³-hybridized carbons (Fsp3) is 0.583. The lowest BCUT2D eigenvalue weighted by Crippen LogP contribution is -2.25. The molecule has 1 aromatic rings. The van der Waals surface area contributed by atoms with Crippen LogP contribution in [0.5, 0.6) is 0 Å². The van der Waals surface area contributed by atoms with Gasteiger partial charge in [0.25, 0.3) is 5.91 Å². The third kappa shape index (κ3) is 4.67. The maximum atomic E-state index is 11.0. The molecule has 0 saturated heterocycles. The molecule has 3 N–H and O–H groups in total. The summed E-state index contributed by atoms with van der Waals surface area (Å²) in [6, 6.07) is 0. The zero-order valence-electron chi connectivity index (χ0n) is 11.1. The summed E-state index contributed by atoms with van der Waals surface area (Å²) in [5.74, 6) is -0.0263. The third-order valence-corrected chi connectivity index (χ3v) is 2.62. The van der Waals surface area contributed by atoms with Crippen LogP contribution in [0.2, 0.25) is 0 Å². The summed E-state index contributed by atoms with van der Waals surface area (Å²) < 4.78 is 5.06. The van der Waals surface area contributed by atoms with E-state index in [-0.39, 0.29) is 11.1 Å². The van der Waals surface area contributed by atoms with Crippen LogP contribution >= 0.6 is 0 Å². The quantitative estimate of drug-likeness (QED) is 0.757. The number of hydrogen-bond acceptors (Lipinski definition) is 5. The van der Waals surface area contributed by atoms with Crippen LogP contribution in [0.1, 0.15) is 30.8 Å². The fourth-order valence-electron chi connectivity index (χ4n) is 1.37. The summed E-state index contributed by atoms with van der Waals surface area (Å²) >= 11 is 0. The average molecular weight is 252 g/mol. The number of primary amides is 1. The van der Waals surface area contributed by atoms with E-state index in [0.29, 0.717) is 19.0 Å². The Kier molecular flexibility index (Phi) is 5.03. The molecule has 0 spiro atoms. The normalized spacial score (nSPS) is 11.3. The highest BCUT2D eigenvalue weighted by molar-refractivity contribution is 5.90. The Hall–Kier alpha value is -1.69. The number of nitrogens with two attached hydrogens (primary N) is 1. The first-order valence-corrected chi connectivity index (χ1v) is 5.79. The summed E-state index contributed by atoms with van der Waals surface area (Å²) in [7, 11) is 1.69. The van der Waals surface area contributed by atoms with Crippen LogP contribution in [0.15, 0.2) is 12.4 Å². The molecule has 1 rings (SSSR count). The van der Waals surface area contributed by atoms with E-state index in [2.05, 4.69) is 29.1 Å². The molecule has 0 aliphatic heterocycles. The van der Waals surface area contributed by atoms with Gasteiger partial charge in [0.1, 0.15) is 11.5 Å². The number of ether oxygens (including phenoxy) is 1. The van der Waals surface area contributed by atoms with Gasteiger partial charge in [0.2, 0.25) is 0 Å². The van der Waals surface area contributed by atoms with Gasteiger partial charge < -0.3 is 15.8 Å². The second kappa shape index (κ2) is 6.30. The number of methoxy groups -OCH3 is 1. The second-order valence-electron chi connectivity index (χ2n) is 4.91. The highest BCUT2D eigenvalue weighted by Gasteiger charge is 2.17. The zero-order chi connectivity index (χ0) is 13.6. The molecule has 6 nitrogen and oxygen atoms in total. The molecule has 0 aliphatic carbocycles. The number of rotatable bonds is 7. The minimum atomic E-state index is -0.579. The molecule has 1 heterocycles. The van der Waals surface area contributed by atoms with Crippen molar-refractivity contribution in [1.82, 2.24) is 9.97 Å². The van der Waals surface area contributed by atoms with Crippen molar-refractivity contribution in [3.05, 3.63) is 18.1 Å². The van der Waals surface area contributed by atoms with Gasteiger partial charge in [-0.2, -0.15) is 0 Å². The SMILES string of the molecule is COCCC(C)(C)CNc1cncc(C(N)=O)n1. The molecule has 0 aromatic carbocycles. The minimum absolute atomic E-state index is 0.0699. The van der Waals surface area contributed by atoms with Gasteiger partial charge in [-0.15, -0.1) is 0 Å². The van der Waals surface area contributed by atoms with Gasteiger partial charge in [-0.1, -0.05) is 13.8 Å². The Labute approximate surface area is 107 Å². The number of amides is 1. The van der Waals surface area contributed by atoms with Crippen molar-refractivity contribution in [3.63, 3.8) is 0 Å². The van der Waals surface area contributed by atoms with Crippen molar-refractivity contribution >= 4 is 11.7 Å². The Bertz CT molecular complexity index is 407.